The van der Waals surface area contributed by atoms with Gasteiger partial charge in [-0.25, -0.2) is 0 Å². The normalized spacial score (nSPS) is 25.5. The standard InChI is InChI=1S/C23H36N2OS/c1-17(2)20-7-9-25(10-8-20)21-12-23(13-21)15-24(16-23)14-19-5-4-6-22(11-19)27-18(3)26/h4-6,11,17-18,20-21,26H,7-10,12-16H2,1-3H3. The van der Waals surface area contributed by atoms with Crippen LogP contribution in [0.1, 0.15) is 52.0 Å². The summed E-state index contributed by atoms with van der Waals surface area (Å²) in [6, 6.07) is 9.54. The predicted molar refractivity (Wildman–Crippen MR) is 114 cm³/mol. The summed E-state index contributed by atoms with van der Waals surface area (Å²) < 4.78 is 0. The molecule has 4 rings (SSSR count). The van der Waals surface area contributed by atoms with Crippen molar-refractivity contribution < 1.29 is 5.11 Å². The fourth-order valence-corrected chi connectivity index (χ4v) is 6.36. The van der Waals surface area contributed by atoms with E-state index in [0.29, 0.717) is 5.41 Å². The van der Waals surface area contributed by atoms with E-state index in [0.717, 1.165) is 24.4 Å². The topological polar surface area (TPSA) is 26.7 Å². The number of nitrogens with zero attached hydrogens (tertiary/aromatic N) is 2. The summed E-state index contributed by atoms with van der Waals surface area (Å²) in [7, 11) is 0. The number of hydrogen-bond donors (Lipinski definition) is 1. The van der Waals surface area contributed by atoms with E-state index in [-0.39, 0.29) is 5.44 Å². The Kier molecular flexibility index (Phi) is 5.90. The van der Waals surface area contributed by atoms with Crippen molar-refractivity contribution in [1.29, 1.82) is 0 Å². The van der Waals surface area contributed by atoms with Crippen LogP contribution in [0.5, 0.6) is 0 Å². The SMILES string of the molecule is CC(O)Sc1cccc(CN2CC3(CC(N4CCC(C(C)C)CC4)C3)C2)c1. The van der Waals surface area contributed by atoms with E-state index in [2.05, 4.69) is 47.9 Å². The summed E-state index contributed by atoms with van der Waals surface area (Å²) in [5, 5.41) is 9.57. The molecule has 3 aliphatic rings. The summed E-state index contributed by atoms with van der Waals surface area (Å²) in [5.74, 6) is 1.81. The number of rotatable bonds is 6. The van der Waals surface area contributed by atoms with Gasteiger partial charge in [-0.2, -0.15) is 0 Å². The molecule has 4 heteroatoms. The maximum absolute atomic E-state index is 9.57. The lowest BCUT2D eigenvalue weighted by molar-refractivity contribution is -0.117. The molecule has 2 saturated heterocycles. The van der Waals surface area contributed by atoms with E-state index >= 15 is 0 Å². The molecule has 1 N–H and O–H groups in total. The number of thioether (sulfide) groups is 1. The summed E-state index contributed by atoms with van der Waals surface area (Å²) in [4.78, 5) is 6.57. The molecule has 2 heterocycles. The highest BCUT2D eigenvalue weighted by molar-refractivity contribution is 7.99. The second kappa shape index (κ2) is 8.06. The summed E-state index contributed by atoms with van der Waals surface area (Å²) in [6.45, 7) is 12.9. The van der Waals surface area contributed by atoms with Gasteiger partial charge >= 0.3 is 0 Å². The van der Waals surface area contributed by atoms with Gasteiger partial charge in [-0.05, 0) is 80.6 Å². The summed E-state index contributed by atoms with van der Waals surface area (Å²) in [5.41, 5.74) is 1.66. The van der Waals surface area contributed by atoms with Crippen LogP contribution in [-0.4, -0.2) is 52.6 Å². The molecule has 27 heavy (non-hydrogen) atoms. The lowest BCUT2D eigenvalue weighted by atomic mass is 9.60. The fraction of sp³-hybridized carbons (Fsp3) is 0.739. The van der Waals surface area contributed by atoms with Crippen molar-refractivity contribution in [2.24, 2.45) is 17.3 Å². The molecule has 2 aliphatic heterocycles. The maximum atomic E-state index is 9.57. The first-order valence-electron chi connectivity index (χ1n) is 10.8. The number of benzene rings is 1. The van der Waals surface area contributed by atoms with Crippen LogP contribution in [0.2, 0.25) is 0 Å². The monoisotopic (exact) mass is 388 g/mol. The van der Waals surface area contributed by atoms with Gasteiger partial charge in [-0.15, -0.1) is 0 Å². The Labute approximate surface area is 169 Å². The lowest BCUT2D eigenvalue weighted by Crippen LogP contribution is -2.66. The van der Waals surface area contributed by atoms with Gasteiger partial charge < -0.3 is 10.0 Å². The first kappa shape index (κ1) is 19.8. The van der Waals surface area contributed by atoms with Crippen molar-refractivity contribution >= 4 is 11.8 Å². The van der Waals surface area contributed by atoms with Gasteiger partial charge in [-0.1, -0.05) is 37.7 Å². The van der Waals surface area contributed by atoms with Crippen LogP contribution in [0.4, 0.5) is 0 Å². The quantitative estimate of drug-likeness (QED) is 0.575. The highest BCUT2D eigenvalue weighted by Crippen LogP contribution is 2.51. The highest BCUT2D eigenvalue weighted by atomic mass is 32.2. The predicted octanol–water partition coefficient (Wildman–Crippen LogP) is 4.45. The molecule has 0 bridgehead atoms. The average molecular weight is 389 g/mol. The van der Waals surface area contributed by atoms with Crippen molar-refractivity contribution in [3.05, 3.63) is 29.8 Å². The molecule has 1 unspecified atom stereocenters. The molecule has 1 atom stereocenters. The Balaban J connectivity index is 1.20. The number of hydrogen-bond acceptors (Lipinski definition) is 4. The first-order chi connectivity index (χ1) is 12.9. The molecule has 0 amide bonds. The van der Waals surface area contributed by atoms with Crippen LogP contribution >= 0.6 is 11.8 Å². The van der Waals surface area contributed by atoms with Crippen LogP contribution < -0.4 is 0 Å². The third-order valence-corrected chi connectivity index (χ3v) is 7.97. The molecule has 3 fully saturated rings. The zero-order chi connectivity index (χ0) is 19.0. The molecule has 1 aromatic carbocycles. The lowest BCUT2D eigenvalue weighted by Gasteiger charge is -2.62. The molecule has 0 aromatic heterocycles. The van der Waals surface area contributed by atoms with Gasteiger partial charge in [0.25, 0.3) is 0 Å². The Bertz CT molecular complexity index is 625. The second-order valence-electron chi connectivity index (χ2n) is 9.69. The van der Waals surface area contributed by atoms with Crippen LogP contribution in [0.15, 0.2) is 29.2 Å². The van der Waals surface area contributed by atoms with E-state index in [9.17, 15) is 5.11 Å². The van der Waals surface area contributed by atoms with E-state index in [1.165, 1.54) is 74.1 Å². The Morgan fingerprint density at radius 3 is 2.48 bits per heavy atom. The molecule has 3 nitrogen and oxygen atoms in total. The minimum absolute atomic E-state index is 0.343. The minimum Gasteiger partial charge on any atom is -0.382 e. The van der Waals surface area contributed by atoms with Gasteiger partial charge in [0, 0.05) is 30.6 Å². The van der Waals surface area contributed by atoms with Gasteiger partial charge in [-0.3, -0.25) is 4.90 Å². The molecule has 150 valence electrons. The molecule has 1 aliphatic carbocycles. The van der Waals surface area contributed by atoms with Crippen LogP contribution in [-0.2, 0) is 6.54 Å². The molecule has 1 spiro atoms. The second-order valence-corrected chi connectivity index (χ2v) is 11.1. The molecule has 1 aromatic rings. The van der Waals surface area contributed by atoms with Gasteiger partial charge in [0.1, 0.15) is 5.44 Å². The summed E-state index contributed by atoms with van der Waals surface area (Å²) in [6.07, 6.45) is 5.67. The largest absolute Gasteiger partial charge is 0.382 e. The van der Waals surface area contributed by atoms with Gasteiger partial charge in [0.2, 0.25) is 0 Å². The van der Waals surface area contributed by atoms with Gasteiger partial charge in [0.15, 0.2) is 0 Å². The molecular formula is C23H36N2OS. The maximum Gasteiger partial charge on any atom is 0.101 e. The third kappa shape index (κ3) is 4.55. The van der Waals surface area contributed by atoms with E-state index in [1.54, 1.807) is 0 Å². The van der Waals surface area contributed by atoms with Gasteiger partial charge in [0.05, 0.1) is 0 Å². The number of aliphatic hydroxyl groups excluding tert-OH is 1. The van der Waals surface area contributed by atoms with Crippen LogP contribution in [0, 0.1) is 17.3 Å². The molecule has 0 radical (unpaired) electrons. The smallest absolute Gasteiger partial charge is 0.101 e. The van der Waals surface area contributed by atoms with E-state index in [4.69, 9.17) is 0 Å². The van der Waals surface area contributed by atoms with Crippen LogP contribution in [0.3, 0.4) is 0 Å². The first-order valence-corrected chi connectivity index (χ1v) is 11.7. The Hall–Kier alpha value is -0.550. The minimum atomic E-state index is -0.343. The van der Waals surface area contributed by atoms with Crippen molar-refractivity contribution in [3.63, 3.8) is 0 Å². The Morgan fingerprint density at radius 1 is 1.15 bits per heavy atom. The Morgan fingerprint density at radius 2 is 1.85 bits per heavy atom. The molecular weight excluding hydrogens is 352 g/mol. The van der Waals surface area contributed by atoms with Crippen molar-refractivity contribution in [2.75, 3.05) is 26.2 Å². The van der Waals surface area contributed by atoms with E-state index < -0.39 is 0 Å². The van der Waals surface area contributed by atoms with Crippen molar-refractivity contribution in [3.8, 4) is 0 Å². The number of likely N-dealkylation sites (tertiary alicyclic amines) is 2. The number of piperidine rings is 1. The zero-order valence-corrected chi connectivity index (χ0v) is 18.0. The summed E-state index contributed by atoms with van der Waals surface area (Å²) >= 11 is 1.53. The number of aliphatic hydroxyl groups is 1. The average Bonchev–Trinajstić information content (AvgIpc) is 2.55. The highest BCUT2D eigenvalue weighted by Gasteiger charge is 2.53. The van der Waals surface area contributed by atoms with E-state index in [1.807, 2.05) is 6.92 Å². The molecule has 1 saturated carbocycles. The zero-order valence-electron chi connectivity index (χ0n) is 17.2. The van der Waals surface area contributed by atoms with Crippen LogP contribution in [0.25, 0.3) is 0 Å². The van der Waals surface area contributed by atoms with Crippen molar-refractivity contribution in [1.82, 2.24) is 9.80 Å². The third-order valence-electron chi connectivity index (χ3n) is 7.10. The fourth-order valence-electron chi connectivity index (χ4n) is 5.59. The van der Waals surface area contributed by atoms with Crippen molar-refractivity contribution in [2.45, 2.75) is 69.4 Å².